The third-order valence-corrected chi connectivity index (χ3v) is 5.89. The molecule has 2 aromatic heterocycles. The van der Waals surface area contributed by atoms with E-state index in [1.54, 1.807) is 24.5 Å². The normalized spacial score (nSPS) is 11.9. The van der Waals surface area contributed by atoms with Gasteiger partial charge >= 0.3 is 0 Å². The standard InChI is InChI=1S/C22H29N3S.C4H10O.C3H8/c1-8-10-11-18-17(7)23-12-19(18)20-13-26-22(25-20)21(15(5)9-2)24-16(6)14(3)4;1-3-4-5-2;1-3-2/h8,10-13,15,23H,1,9H2,2-7H3;3-4H2,1-2H3;3H2,1-2H3/b11-10-,24-21?;;. The van der Waals surface area contributed by atoms with Crippen molar-refractivity contribution in [3.05, 3.63) is 57.8 Å². The van der Waals surface area contributed by atoms with Crippen LogP contribution in [0.5, 0.6) is 0 Å². The molecule has 0 radical (unpaired) electrons. The van der Waals surface area contributed by atoms with E-state index >= 15 is 0 Å². The molecule has 0 saturated heterocycles. The van der Waals surface area contributed by atoms with Gasteiger partial charge < -0.3 is 9.72 Å². The number of thiazole rings is 1. The molecule has 0 aliphatic rings. The van der Waals surface area contributed by atoms with Crippen LogP contribution >= 0.6 is 11.3 Å². The second-order valence-corrected chi connectivity index (χ2v) is 9.32. The van der Waals surface area contributed by atoms with Gasteiger partial charge in [-0.2, -0.15) is 0 Å². The Hall–Kier alpha value is -2.24. The maximum Gasteiger partial charge on any atom is 0.138 e. The Morgan fingerprint density at radius 1 is 1.24 bits per heavy atom. The molecule has 2 rings (SSSR count). The van der Waals surface area contributed by atoms with E-state index in [9.17, 15) is 0 Å². The number of aliphatic imine (C=N–C) groups is 1. The van der Waals surface area contributed by atoms with Gasteiger partial charge in [0.15, 0.2) is 0 Å². The van der Waals surface area contributed by atoms with Gasteiger partial charge in [0.1, 0.15) is 5.01 Å². The second-order valence-electron chi connectivity index (χ2n) is 8.47. The van der Waals surface area contributed by atoms with Crippen molar-refractivity contribution in [3.63, 3.8) is 0 Å². The number of H-pyrrole nitrogens is 1. The lowest BCUT2D eigenvalue weighted by Gasteiger charge is -2.11. The highest BCUT2D eigenvalue weighted by Gasteiger charge is 2.18. The number of nitrogens with zero attached hydrogens (tertiary/aromatic N) is 2. The molecule has 2 heterocycles. The molecule has 1 unspecified atom stereocenters. The van der Waals surface area contributed by atoms with Gasteiger partial charge in [0.25, 0.3) is 0 Å². The SMILES string of the molecule is C=C/C=C\c1c(-c2csc(C(=NC(C)=C(C)C)C(C)CC)n2)c[nH]c1C.CCC.CCCOC. The topological polar surface area (TPSA) is 50.3 Å². The predicted molar refractivity (Wildman–Crippen MR) is 154 cm³/mol. The lowest BCUT2D eigenvalue weighted by Crippen LogP contribution is -2.12. The van der Waals surface area contributed by atoms with Gasteiger partial charge in [0.2, 0.25) is 0 Å². The van der Waals surface area contributed by atoms with E-state index in [0.29, 0.717) is 5.92 Å². The molecule has 0 fully saturated rings. The number of hydrogen-bond donors (Lipinski definition) is 1. The fourth-order valence-corrected chi connectivity index (χ4v) is 3.62. The van der Waals surface area contributed by atoms with Crippen molar-refractivity contribution < 1.29 is 4.74 Å². The highest BCUT2D eigenvalue weighted by atomic mass is 32.1. The molecule has 2 aromatic rings. The maximum absolute atomic E-state index is 4.93. The minimum atomic E-state index is 0.372. The average Bonchev–Trinajstić information content (AvgIpc) is 3.43. The van der Waals surface area contributed by atoms with E-state index in [0.717, 1.165) is 58.4 Å². The molecule has 0 spiro atoms. The first kappa shape index (κ1) is 31.8. The third-order valence-electron chi connectivity index (χ3n) is 5.02. The molecular weight excluding hydrogens is 438 g/mol. The highest BCUT2D eigenvalue weighted by Crippen LogP contribution is 2.30. The number of ether oxygens (including phenoxy) is 1. The van der Waals surface area contributed by atoms with Crippen LogP contribution < -0.4 is 0 Å². The van der Waals surface area contributed by atoms with E-state index in [1.165, 1.54) is 12.0 Å². The lowest BCUT2D eigenvalue weighted by atomic mass is 10.0. The van der Waals surface area contributed by atoms with Crippen LogP contribution in [0.1, 0.15) is 90.9 Å². The molecule has 0 aliphatic carbocycles. The first-order valence-electron chi connectivity index (χ1n) is 12.4. The smallest absolute Gasteiger partial charge is 0.138 e. The van der Waals surface area contributed by atoms with E-state index < -0.39 is 0 Å². The molecule has 5 heteroatoms. The summed E-state index contributed by atoms with van der Waals surface area (Å²) in [7, 11) is 1.71. The summed E-state index contributed by atoms with van der Waals surface area (Å²) in [6.45, 7) is 23.7. The number of methoxy groups -OCH3 is 1. The summed E-state index contributed by atoms with van der Waals surface area (Å²) in [6.07, 6.45) is 11.3. The molecule has 1 N–H and O–H groups in total. The van der Waals surface area contributed by atoms with Gasteiger partial charge in [-0.1, -0.05) is 71.4 Å². The number of rotatable bonds is 9. The van der Waals surface area contributed by atoms with E-state index in [1.807, 2.05) is 12.3 Å². The van der Waals surface area contributed by atoms with Crippen molar-refractivity contribution in [1.29, 1.82) is 0 Å². The van der Waals surface area contributed by atoms with Gasteiger partial charge in [-0.05, 0) is 40.5 Å². The zero-order valence-electron chi connectivity index (χ0n) is 23.2. The molecule has 34 heavy (non-hydrogen) atoms. The Bertz CT molecular complexity index is 925. The zero-order chi connectivity index (χ0) is 26.1. The van der Waals surface area contributed by atoms with Crippen molar-refractivity contribution in [3.8, 4) is 11.3 Å². The first-order chi connectivity index (χ1) is 16.2. The van der Waals surface area contributed by atoms with Gasteiger partial charge in [-0.3, -0.25) is 4.99 Å². The summed E-state index contributed by atoms with van der Waals surface area (Å²) >= 11 is 1.67. The Morgan fingerprint density at radius 3 is 2.35 bits per heavy atom. The molecule has 190 valence electrons. The quantitative estimate of drug-likeness (QED) is 0.284. The lowest BCUT2D eigenvalue weighted by molar-refractivity contribution is 0.199. The maximum atomic E-state index is 4.93. The summed E-state index contributed by atoms with van der Waals surface area (Å²) in [5.74, 6) is 0.372. The Labute approximate surface area is 213 Å². The summed E-state index contributed by atoms with van der Waals surface area (Å²) in [5, 5.41) is 3.13. The molecule has 4 nitrogen and oxygen atoms in total. The van der Waals surface area contributed by atoms with Gasteiger partial charge in [0.05, 0.1) is 11.4 Å². The fraction of sp³-hybridized carbons (Fsp3) is 0.517. The van der Waals surface area contributed by atoms with Crippen LogP contribution in [0.25, 0.3) is 17.3 Å². The average molecular weight is 486 g/mol. The van der Waals surface area contributed by atoms with Crippen molar-refractivity contribution in [2.24, 2.45) is 10.9 Å². The van der Waals surface area contributed by atoms with E-state index in [2.05, 4.69) is 85.3 Å². The third kappa shape index (κ3) is 10.8. The zero-order valence-corrected chi connectivity index (χ0v) is 24.0. The molecular formula is C29H47N3OS. The molecule has 0 amide bonds. The van der Waals surface area contributed by atoms with Crippen molar-refractivity contribution in [2.75, 3.05) is 13.7 Å². The number of nitrogens with one attached hydrogen (secondary N) is 1. The van der Waals surface area contributed by atoms with Crippen LogP contribution in [0.2, 0.25) is 0 Å². The summed E-state index contributed by atoms with van der Waals surface area (Å²) in [4.78, 5) is 13.1. The van der Waals surface area contributed by atoms with Crippen LogP contribution in [-0.4, -0.2) is 29.4 Å². The predicted octanol–water partition coefficient (Wildman–Crippen LogP) is 9.25. The summed E-state index contributed by atoms with van der Waals surface area (Å²) in [5.41, 5.74) is 7.78. The number of aromatic nitrogens is 2. The Kier molecular flexibility index (Phi) is 16.9. The number of hydrogen-bond acceptors (Lipinski definition) is 4. The Balaban J connectivity index is 0.00000118. The second kappa shape index (κ2) is 18.1. The van der Waals surface area contributed by atoms with E-state index in [-0.39, 0.29) is 0 Å². The van der Waals surface area contributed by atoms with Crippen molar-refractivity contribution >= 4 is 23.1 Å². The van der Waals surface area contributed by atoms with Crippen LogP contribution in [-0.2, 0) is 4.74 Å². The van der Waals surface area contributed by atoms with Crippen LogP contribution in [0.15, 0.2) is 46.6 Å². The minimum Gasteiger partial charge on any atom is -0.385 e. The van der Waals surface area contributed by atoms with Crippen LogP contribution in [0, 0.1) is 12.8 Å². The molecule has 1 atom stereocenters. The molecule has 0 aliphatic heterocycles. The molecule has 0 aromatic carbocycles. The minimum absolute atomic E-state index is 0.372. The number of aryl methyl sites for hydroxylation is 1. The summed E-state index contributed by atoms with van der Waals surface area (Å²) in [6, 6.07) is 0. The van der Waals surface area contributed by atoms with Crippen molar-refractivity contribution in [2.45, 2.75) is 81.6 Å². The van der Waals surface area contributed by atoms with Crippen LogP contribution in [0.4, 0.5) is 0 Å². The first-order valence-corrected chi connectivity index (χ1v) is 13.2. The van der Waals surface area contributed by atoms with Crippen LogP contribution in [0.3, 0.4) is 0 Å². The molecule has 0 saturated carbocycles. The van der Waals surface area contributed by atoms with E-state index in [4.69, 9.17) is 14.7 Å². The Morgan fingerprint density at radius 2 is 1.88 bits per heavy atom. The monoisotopic (exact) mass is 485 g/mol. The molecule has 0 bridgehead atoms. The number of aromatic amines is 1. The fourth-order valence-electron chi connectivity index (χ4n) is 2.70. The van der Waals surface area contributed by atoms with Crippen molar-refractivity contribution in [1.82, 2.24) is 9.97 Å². The number of allylic oxidation sites excluding steroid dienone is 4. The summed E-state index contributed by atoms with van der Waals surface area (Å²) < 4.78 is 4.69. The van der Waals surface area contributed by atoms with Gasteiger partial charge in [-0.15, -0.1) is 11.3 Å². The largest absolute Gasteiger partial charge is 0.385 e. The van der Waals surface area contributed by atoms with Gasteiger partial charge in [-0.25, -0.2) is 4.98 Å². The highest BCUT2D eigenvalue weighted by molar-refractivity contribution is 7.12. The van der Waals surface area contributed by atoms with Gasteiger partial charge in [0, 0.05) is 53.7 Å².